The van der Waals surface area contributed by atoms with Gasteiger partial charge in [-0.2, -0.15) is 0 Å². The summed E-state index contributed by atoms with van der Waals surface area (Å²) in [6.07, 6.45) is 3.27. The molecule has 0 N–H and O–H groups in total. The van der Waals surface area contributed by atoms with Crippen LogP contribution in [0.4, 0.5) is 0 Å². The van der Waals surface area contributed by atoms with E-state index in [0.717, 1.165) is 6.42 Å². The Balaban J connectivity index is 1.81. The lowest BCUT2D eigenvalue weighted by Gasteiger charge is -2.20. The molecule has 0 fully saturated rings. The van der Waals surface area contributed by atoms with E-state index >= 15 is 0 Å². The number of nitrogens with zero attached hydrogens (tertiary/aromatic N) is 2. The van der Waals surface area contributed by atoms with Crippen LogP contribution in [0, 0.1) is 12.3 Å². The molecule has 0 bridgehead atoms. The summed E-state index contributed by atoms with van der Waals surface area (Å²) in [6, 6.07) is 29.4. The lowest BCUT2D eigenvalue weighted by atomic mass is 9.87. The molecular formula is C34H31N2+. The quantitative estimate of drug-likeness (QED) is 0.137. The Hall–Kier alpha value is -3.91. The average molecular weight is 468 g/mol. The number of aromatic nitrogens is 2. The van der Waals surface area contributed by atoms with Crippen molar-refractivity contribution in [2.45, 2.75) is 34.1 Å². The zero-order chi connectivity index (χ0) is 24.8. The molecule has 7 rings (SSSR count). The third kappa shape index (κ3) is 2.94. The van der Waals surface area contributed by atoms with Gasteiger partial charge in [-0.3, -0.25) is 0 Å². The summed E-state index contributed by atoms with van der Waals surface area (Å²) in [5, 5.41) is 6.67. The molecule has 0 amide bonds. The Labute approximate surface area is 211 Å². The molecular weight excluding hydrogens is 436 g/mol. The number of aryl methyl sites for hydroxylation is 2. The number of fused-ring (bicyclic) bond motifs is 5. The number of pyridine rings is 2. The maximum atomic E-state index is 2.58. The predicted octanol–water partition coefficient (Wildman–Crippen LogP) is 8.38. The summed E-state index contributed by atoms with van der Waals surface area (Å²) < 4.78 is 4.90. The van der Waals surface area contributed by atoms with Crippen molar-refractivity contribution in [1.82, 2.24) is 4.40 Å². The van der Waals surface area contributed by atoms with Crippen LogP contribution in [0.2, 0.25) is 0 Å². The Morgan fingerprint density at radius 1 is 0.778 bits per heavy atom. The number of rotatable bonds is 2. The van der Waals surface area contributed by atoms with Gasteiger partial charge in [-0.05, 0) is 46.9 Å². The number of benzene rings is 4. The molecule has 0 aliphatic carbocycles. The third-order valence-corrected chi connectivity index (χ3v) is 7.73. The van der Waals surface area contributed by atoms with Gasteiger partial charge in [-0.25, -0.2) is 4.57 Å². The first kappa shape index (κ1) is 21.4. The number of para-hydroxylation sites is 1. The van der Waals surface area contributed by atoms with Gasteiger partial charge in [0.2, 0.25) is 5.52 Å². The molecule has 0 saturated heterocycles. The van der Waals surface area contributed by atoms with Gasteiger partial charge in [0.25, 0.3) is 0 Å². The maximum Gasteiger partial charge on any atom is 0.224 e. The molecule has 3 heterocycles. The Bertz CT molecular complexity index is 1950. The highest BCUT2D eigenvalue weighted by molar-refractivity contribution is 6.27. The molecule has 2 heteroatoms. The van der Waals surface area contributed by atoms with Crippen LogP contribution in [0.25, 0.3) is 60.1 Å². The van der Waals surface area contributed by atoms with Gasteiger partial charge in [-0.15, -0.1) is 0 Å². The molecule has 7 aromatic rings. The first-order valence-electron chi connectivity index (χ1n) is 12.9. The van der Waals surface area contributed by atoms with Crippen LogP contribution in [-0.4, -0.2) is 4.40 Å². The van der Waals surface area contributed by atoms with Crippen molar-refractivity contribution in [3.05, 3.63) is 96.2 Å². The van der Waals surface area contributed by atoms with Crippen LogP contribution < -0.4 is 4.57 Å². The number of hydrogen-bond donors (Lipinski definition) is 0. The first-order valence-corrected chi connectivity index (χ1v) is 12.9. The third-order valence-electron chi connectivity index (χ3n) is 7.73. The van der Waals surface area contributed by atoms with E-state index < -0.39 is 0 Å². The normalized spacial score (nSPS) is 12.7. The van der Waals surface area contributed by atoms with Crippen molar-refractivity contribution in [3.8, 4) is 11.1 Å². The fourth-order valence-corrected chi connectivity index (χ4v) is 6.38. The second-order valence-corrected chi connectivity index (χ2v) is 11.6. The van der Waals surface area contributed by atoms with E-state index in [1.54, 1.807) is 0 Å². The van der Waals surface area contributed by atoms with E-state index in [0.29, 0.717) is 0 Å². The molecule has 36 heavy (non-hydrogen) atoms. The SMILES string of the molecule is Cc1ccc2c3cccc(-c4ccccc4)c3n3c4cc(CC(C)(C)C)cc5cc[n+](C)c(c1c23)c54. The zero-order valence-electron chi connectivity index (χ0n) is 21.7. The van der Waals surface area contributed by atoms with Crippen molar-refractivity contribution in [2.75, 3.05) is 0 Å². The smallest absolute Gasteiger partial charge is 0.224 e. The van der Waals surface area contributed by atoms with E-state index in [1.165, 1.54) is 71.3 Å². The molecule has 0 radical (unpaired) electrons. The summed E-state index contributed by atoms with van der Waals surface area (Å²) in [5.41, 5.74) is 10.7. The van der Waals surface area contributed by atoms with Crippen molar-refractivity contribution in [1.29, 1.82) is 0 Å². The molecule has 0 aliphatic rings. The monoisotopic (exact) mass is 467 g/mol. The largest absolute Gasteiger partial charge is 0.307 e. The van der Waals surface area contributed by atoms with Gasteiger partial charge in [-0.1, -0.05) is 87.5 Å². The lowest BCUT2D eigenvalue weighted by molar-refractivity contribution is -0.643. The zero-order valence-corrected chi connectivity index (χ0v) is 21.7. The number of hydrogen-bond acceptors (Lipinski definition) is 0. The van der Waals surface area contributed by atoms with Gasteiger partial charge in [0.1, 0.15) is 7.05 Å². The van der Waals surface area contributed by atoms with Crippen molar-refractivity contribution in [2.24, 2.45) is 12.5 Å². The van der Waals surface area contributed by atoms with E-state index in [1.807, 2.05) is 0 Å². The van der Waals surface area contributed by atoms with Gasteiger partial charge < -0.3 is 4.40 Å². The Kier molecular flexibility index (Phi) is 4.34. The molecule has 4 aromatic carbocycles. The summed E-state index contributed by atoms with van der Waals surface area (Å²) in [5.74, 6) is 0. The highest BCUT2D eigenvalue weighted by Gasteiger charge is 2.25. The summed E-state index contributed by atoms with van der Waals surface area (Å²) in [7, 11) is 2.19. The van der Waals surface area contributed by atoms with Crippen molar-refractivity contribution >= 4 is 49.0 Å². The molecule has 0 atom stereocenters. The van der Waals surface area contributed by atoms with Gasteiger partial charge in [0.05, 0.1) is 27.3 Å². The van der Waals surface area contributed by atoms with Crippen LogP contribution in [0.1, 0.15) is 31.9 Å². The van der Waals surface area contributed by atoms with Crippen molar-refractivity contribution < 1.29 is 4.57 Å². The van der Waals surface area contributed by atoms with Crippen LogP contribution in [0.3, 0.4) is 0 Å². The van der Waals surface area contributed by atoms with Crippen LogP contribution in [0.5, 0.6) is 0 Å². The average Bonchev–Trinajstić information content (AvgIpc) is 3.19. The molecule has 2 nitrogen and oxygen atoms in total. The molecule has 0 aliphatic heterocycles. The lowest BCUT2D eigenvalue weighted by Crippen LogP contribution is -2.29. The first-order chi connectivity index (χ1) is 17.3. The highest BCUT2D eigenvalue weighted by atomic mass is 15.0. The highest BCUT2D eigenvalue weighted by Crippen LogP contribution is 2.43. The second kappa shape index (κ2) is 7.30. The van der Waals surface area contributed by atoms with Crippen LogP contribution in [0.15, 0.2) is 85.1 Å². The van der Waals surface area contributed by atoms with Gasteiger partial charge >= 0.3 is 0 Å². The second-order valence-electron chi connectivity index (χ2n) is 11.6. The van der Waals surface area contributed by atoms with Crippen LogP contribution >= 0.6 is 0 Å². The van der Waals surface area contributed by atoms with E-state index in [4.69, 9.17) is 0 Å². The minimum atomic E-state index is 0.217. The molecule has 0 unspecified atom stereocenters. The Morgan fingerprint density at radius 3 is 2.33 bits per heavy atom. The molecule has 0 spiro atoms. The summed E-state index contributed by atoms with van der Waals surface area (Å²) in [6.45, 7) is 9.24. The van der Waals surface area contributed by atoms with Crippen LogP contribution in [-0.2, 0) is 13.5 Å². The fraction of sp³-hybridized carbons (Fsp3) is 0.206. The topological polar surface area (TPSA) is 8.29 Å². The van der Waals surface area contributed by atoms with Crippen molar-refractivity contribution in [3.63, 3.8) is 0 Å². The van der Waals surface area contributed by atoms with Gasteiger partial charge in [0, 0.05) is 22.4 Å². The van der Waals surface area contributed by atoms with E-state index in [9.17, 15) is 0 Å². The minimum Gasteiger partial charge on any atom is -0.307 e. The molecule has 176 valence electrons. The predicted molar refractivity (Wildman–Crippen MR) is 153 cm³/mol. The fourth-order valence-electron chi connectivity index (χ4n) is 6.38. The summed E-state index contributed by atoms with van der Waals surface area (Å²) in [4.78, 5) is 0. The standard InChI is InChI=1S/C34H31N2/c1-21-14-15-27-26-13-9-12-25(23-10-7-6-8-11-23)31(26)36-28-19-22(20-34(2,3)4)18-24-16-17-35(5)33(30(24)28)29(21)32(27)36/h6-19H,20H2,1-5H3/q+1. The molecule has 0 saturated carbocycles. The summed E-state index contributed by atoms with van der Waals surface area (Å²) >= 11 is 0. The van der Waals surface area contributed by atoms with E-state index in [-0.39, 0.29) is 5.41 Å². The van der Waals surface area contributed by atoms with Gasteiger partial charge in [0.15, 0.2) is 6.20 Å². The minimum absolute atomic E-state index is 0.217. The Morgan fingerprint density at radius 2 is 1.56 bits per heavy atom. The maximum absolute atomic E-state index is 2.58. The van der Waals surface area contributed by atoms with E-state index in [2.05, 4.69) is 129 Å². The molecule has 3 aromatic heterocycles.